The Kier molecular flexibility index (Phi) is 2.78. The van der Waals surface area contributed by atoms with Crippen LogP contribution in [0.1, 0.15) is 30.1 Å². The molecule has 1 saturated carbocycles. The molecule has 4 nitrogen and oxygen atoms in total. The molecule has 0 unspecified atom stereocenters. The minimum Gasteiger partial charge on any atom is -0.305 e. The molecule has 2 heterocycles. The molecular formula is C13H12BrN3O. The maximum atomic E-state index is 11.9. The lowest BCUT2D eigenvalue weighted by Crippen LogP contribution is -2.13. The number of aromatic amines is 1. The first-order valence-corrected chi connectivity index (χ1v) is 6.67. The second-order valence-electron chi connectivity index (χ2n) is 4.58. The molecule has 1 aliphatic carbocycles. The van der Waals surface area contributed by atoms with Gasteiger partial charge in [-0.3, -0.25) is 9.78 Å². The van der Waals surface area contributed by atoms with Crippen molar-refractivity contribution < 1.29 is 0 Å². The molecule has 0 aromatic carbocycles. The van der Waals surface area contributed by atoms with Crippen LogP contribution in [-0.2, 0) is 0 Å². The first kappa shape index (κ1) is 11.6. The summed E-state index contributed by atoms with van der Waals surface area (Å²) < 4.78 is 0.564. The van der Waals surface area contributed by atoms with Gasteiger partial charge in [0.15, 0.2) is 0 Å². The van der Waals surface area contributed by atoms with E-state index in [4.69, 9.17) is 0 Å². The second-order valence-corrected chi connectivity index (χ2v) is 5.37. The molecule has 2 aromatic rings. The van der Waals surface area contributed by atoms with Gasteiger partial charge in [-0.1, -0.05) is 0 Å². The predicted molar refractivity (Wildman–Crippen MR) is 72.5 cm³/mol. The van der Waals surface area contributed by atoms with Gasteiger partial charge in [-0.2, -0.15) is 0 Å². The number of pyridine rings is 1. The number of H-pyrrole nitrogens is 1. The molecule has 0 amide bonds. The molecule has 18 heavy (non-hydrogen) atoms. The summed E-state index contributed by atoms with van der Waals surface area (Å²) in [7, 11) is 0. The molecule has 92 valence electrons. The lowest BCUT2D eigenvalue weighted by molar-refractivity contribution is 0.958. The van der Waals surface area contributed by atoms with Crippen LogP contribution < -0.4 is 5.56 Å². The number of aryl methyl sites for hydroxylation is 1. The van der Waals surface area contributed by atoms with E-state index >= 15 is 0 Å². The highest BCUT2D eigenvalue weighted by atomic mass is 79.9. The quantitative estimate of drug-likeness (QED) is 0.928. The summed E-state index contributed by atoms with van der Waals surface area (Å²) >= 11 is 3.32. The Balaban J connectivity index is 2.12. The maximum absolute atomic E-state index is 11.9. The molecule has 0 spiro atoms. The molecule has 1 N–H and O–H groups in total. The number of hydrogen-bond acceptors (Lipinski definition) is 3. The maximum Gasteiger partial charge on any atom is 0.265 e. The van der Waals surface area contributed by atoms with Crippen LogP contribution in [0.5, 0.6) is 0 Å². The van der Waals surface area contributed by atoms with Crippen molar-refractivity contribution in [3.63, 3.8) is 0 Å². The summed E-state index contributed by atoms with van der Waals surface area (Å²) in [5, 5.41) is 0. The van der Waals surface area contributed by atoms with Crippen molar-refractivity contribution in [1.29, 1.82) is 0 Å². The van der Waals surface area contributed by atoms with Gasteiger partial charge in [0, 0.05) is 23.4 Å². The molecular weight excluding hydrogens is 294 g/mol. The Morgan fingerprint density at radius 1 is 1.39 bits per heavy atom. The first-order valence-electron chi connectivity index (χ1n) is 5.88. The van der Waals surface area contributed by atoms with Gasteiger partial charge in [0.1, 0.15) is 10.3 Å². The van der Waals surface area contributed by atoms with Crippen LogP contribution >= 0.6 is 15.9 Å². The lowest BCUT2D eigenvalue weighted by Gasteiger charge is -2.05. The zero-order valence-corrected chi connectivity index (χ0v) is 11.5. The minimum absolute atomic E-state index is 0.123. The highest BCUT2D eigenvalue weighted by Crippen LogP contribution is 2.41. The third-order valence-corrected chi connectivity index (χ3v) is 3.80. The summed E-state index contributed by atoms with van der Waals surface area (Å²) in [4.78, 5) is 23.4. The highest BCUT2D eigenvalue weighted by molar-refractivity contribution is 9.10. The van der Waals surface area contributed by atoms with Crippen LogP contribution in [0.25, 0.3) is 11.4 Å². The van der Waals surface area contributed by atoms with E-state index in [-0.39, 0.29) is 5.56 Å². The summed E-state index contributed by atoms with van der Waals surface area (Å²) in [5.41, 5.74) is 2.53. The average Bonchev–Trinajstić information content (AvgIpc) is 3.18. The topological polar surface area (TPSA) is 58.6 Å². The molecule has 0 atom stereocenters. The van der Waals surface area contributed by atoms with E-state index < -0.39 is 0 Å². The molecule has 5 heteroatoms. The van der Waals surface area contributed by atoms with Gasteiger partial charge in [-0.25, -0.2) is 4.98 Å². The van der Waals surface area contributed by atoms with Gasteiger partial charge in [0.05, 0.1) is 5.69 Å². The van der Waals surface area contributed by atoms with Gasteiger partial charge < -0.3 is 4.98 Å². The number of nitrogens with one attached hydrogen (secondary N) is 1. The van der Waals surface area contributed by atoms with E-state index in [1.54, 1.807) is 6.20 Å². The van der Waals surface area contributed by atoms with Crippen molar-refractivity contribution in [2.45, 2.75) is 25.7 Å². The number of rotatable bonds is 2. The Hall–Kier alpha value is -1.49. The zero-order chi connectivity index (χ0) is 12.7. The van der Waals surface area contributed by atoms with Crippen molar-refractivity contribution in [1.82, 2.24) is 15.0 Å². The number of aromatic nitrogens is 3. The Morgan fingerprint density at radius 2 is 2.17 bits per heavy atom. The molecule has 1 fully saturated rings. The third kappa shape index (κ3) is 2.10. The van der Waals surface area contributed by atoms with Crippen LogP contribution in [-0.4, -0.2) is 15.0 Å². The fourth-order valence-corrected chi connectivity index (χ4v) is 2.36. The van der Waals surface area contributed by atoms with Crippen molar-refractivity contribution in [3.05, 3.63) is 44.5 Å². The monoisotopic (exact) mass is 305 g/mol. The Labute approximate surface area is 113 Å². The third-order valence-electron chi connectivity index (χ3n) is 3.04. The second kappa shape index (κ2) is 4.31. The van der Waals surface area contributed by atoms with Crippen LogP contribution in [0.4, 0.5) is 0 Å². The molecule has 2 aromatic heterocycles. The summed E-state index contributed by atoms with van der Waals surface area (Å²) in [6, 6.07) is 3.83. The molecule has 1 aliphatic rings. The molecule has 3 rings (SSSR count). The Bertz CT molecular complexity index is 644. The van der Waals surface area contributed by atoms with E-state index in [2.05, 4.69) is 30.9 Å². The van der Waals surface area contributed by atoms with Crippen LogP contribution in [0, 0.1) is 6.92 Å². The molecule has 0 aliphatic heterocycles. The van der Waals surface area contributed by atoms with E-state index in [9.17, 15) is 4.79 Å². The van der Waals surface area contributed by atoms with E-state index in [0.29, 0.717) is 16.2 Å². The van der Waals surface area contributed by atoms with E-state index in [0.717, 1.165) is 29.8 Å². The van der Waals surface area contributed by atoms with Crippen molar-refractivity contribution in [2.24, 2.45) is 0 Å². The smallest absolute Gasteiger partial charge is 0.265 e. The minimum atomic E-state index is -0.123. The number of nitrogens with zero attached hydrogens (tertiary/aromatic N) is 2. The standard InChI is InChI=1S/C13H12BrN3O/c1-7-2-3-9(6-15-7)12-16-11(8-4-5-8)10(14)13(18)17-12/h2-3,6,8H,4-5H2,1H3,(H,16,17,18). The highest BCUT2D eigenvalue weighted by Gasteiger charge is 2.29. The summed E-state index contributed by atoms with van der Waals surface area (Å²) in [5.74, 6) is 1.02. The largest absolute Gasteiger partial charge is 0.305 e. The fourth-order valence-electron chi connectivity index (χ4n) is 1.85. The van der Waals surface area contributed by atoms with E-state index in [1.807, 2.05) is 19.1 Å². The zero-order valence-electron chi connectivity index (χ0n) is 9.90. The van der Waals surface area contributed by atoms with Crippen LogP contribution in [0.3, 0.4) is 0 Å². The van der Waals surface area contributed by atoms with Crippen LogP contribution in [0.15, 0.2) is 27.6 Å². The summed E-state index contributed by atoms with van der Waals surface area (Å²) in [6.45, 7) is 1.93. The van der Waals surface area contributed by atoms with Crippen molar-refractivity contribution in [3.8, 4) is 11.4 Å². The molecule has 0 radical (unpaired) electrons. The van der Waals surface area contributed by atoms with Crippen molar-refractivity contribution >= 4 is 15.9 Å². The SMILES string of the molecule is Cc1ccc(-c2nc(C3CC3)c(Br)c(=O)[nH]2)cn1. The number of hydrogen-bond donors (Lipinski definition) is 1. The first-order chi connectivity index (χ1) is 8.65. The molecule has 0 bridgehead atoms. The fraction of sp³-hybridized carbons (Fsp3) is 0.308. The predicted octanol–water partition coefficient (Wildman–Crippen LogP) is 2.78. The van der Waals surface area contributed by atoms with Gasteiger partial charge in [0.2, 0.25) is 0 Å². The van der Waals surface area contributed by atoms with Crippen LogP contribution in [0.2, 0.25) is 0 Å². The average molecular weight is 306 g/mol. The normalized spacial score (nSPS) is 14.8. The van der Waals surface area contributed by atoms with Gasteiger partial charge >= 0.3 is 0 Å². The van der Waals surface area contributed by atoms with Gasteiger partial charge in [-0.15, -0.1) is 0 Å². The summed E-state index contributed by atoms with van der Waals surface area (Å²) in [6.07, 6.45) is 3.96. The van der Waals surface area contributed by atoms with Gasteiger partial charge in [-0.05, 0) is 47.8 Å². The number of halogens is 1. The lowest BCUT2D eigenvalue weighted by atomic mass is 10.2. The van der Waals surface area contributed by atoms with E-state index in [1.165, 1.54) is 0 Å². The Morgan fingerprint density at radius 3 is 2.78 bits per heavy atom. The molecule has 0 saturated heterocycles. The van der Waals surface area contributed by atoms with Gasteiger partial charge in [0.25, 0.3) is 5.56 Å². The van der Waals surface area contributed by atoms with Crippen molar-refractivity contribution in [2.75, 3.05) is 0 Å².